The Balaban J connectivity index is 1.77. The molecular formula is C16H24N2O5S2. The van der Waals surface area contributed by atoms with E-state index >= 15 is 0 Å². The van der Waals surface area contributed by atoms with E-state index in [0.29, 0.717) is 6.54 Å². The Hall–Kier alpha value is -1.45. The predicted octanol–water partition coefficient (Wildman–Crippen LogP) is 1.75. The molecule has 1 aromatic heterocycles. The molecule has 9 heteroatoms. The van der Waals surface area contributed by atoms with Crippen LogP contribution in [0.2, 0.25) is 0 Å². The van der Waals surface area contributed by atoms with Gasteiger partial charge in [0.2, 0.25) is 0 Å². The molecule has 0 bridgehead atoms. The number of carbonyl (C=O) groups excluding carboxylic acids is 2. The van der Waals surface area contributed by atoms with E-state index in [2.05, 4.69) is 4.72 Å². The zero-order valence-corrected chi connectivity index (χ0v) is 15.9. The van der Waals surface area contributed by atoms with Crippen LogP contribution in [0, 0.1) is 0 Å². The maximum atomic E-state index is 12.3. The number of hydrogen-bond donors (Lipinski definition) is 1. The Labute approximate surface area is 152 Å². The van der Waals surface area contributed by atoms with Crippen molar-refractivity contribution in [2.24, 2.45) is 0 Å². The summed E-state index contributed by atoms with van der Waals surface area (Å²) >= 11 is 1.06. The van der Waals surface area contributed by atoms with Gasteiger partial charge >= 0.3 is 5.97 Å². The molecule has 0 aliphatic heterocycles. The molecule has 1 fully saturated rings. The van der Waals surface area contributed by atoms with Crippen LogP contribution in [-0.2, 0) is 24.3 Å². The molecule has 0 radical (unpaired) electrons. The number of likely N-dealkylation sites (N-methyl/N-ethyl adjacent to an activating group) is 1. The third-order valence-electron chi connectivity index (χ3n) is 4.20. The Morgan fingerprint density at radius 2 is 2.04 bits per heavy atom. The van der Waals surface area contributed by atoms with Gasteiger partial charge in [-0.1, -0.05) is 25.3 Å². The molecule has 7 nitrogen and oxygen atoms in total. The van der Waals surface area contributed by atoms with Crippen molar-refractivity contribution in [1.29, 1.82) is 0 Å². The molecule has 0 saturated heterocycles. The number of rotatable bonds is 8. The van der Waals surface area contributed by atoms with Crippen LogP contribution in [0.4, 0.5) is 0 Å². The number of thiophene rings is 1. The SMILES string of the molecule is CCN(C(=O)COC(=O)CNS(=O)(=O)c1cccs1)C1CCCCC1. The number of carbonyl (C=O) groups is 2. The zero-order valence-electron chi connectivity index (χ0n) is 14.3. The molecule has 140 valence electrons. The second-order valence-electron chi connectivity index (χ2n) is 5.89. The highest BCUT2D eigenvalue weighted by atomic mass is 32.2. The highest BCUT2D eigenvalue weighted by Gasteiger charge is 2.25. The highest BCUT2D eigenvalue weighted by molar-refractivity contribution is 7.91. The van der Waals surface area contributed by atoms with Crippen molar-refractivity contribution in [1.82, 2.24) is 9.62 Å². The molecule has 1 N–H and O–H groups in total. The van der Waals surface area contributed by atoms with Crippen LogP contribution in [0.1, 0.15) is 39.0 Å². The summed E-state index contributed by atoms with van der Waals surface area (Å²) in [6, 6.07) is 3.27. The van der Waals surface area contributed by atoms with Crippen molar-refractivity contribution in [2.45, 2.75) is 49.3 Å². The van der Waals surface area contributed by atoms with Gasteiger partial charge in [-0.05, 0) is 31.2 Å². The van der Waals surface area contributed by atoms with Gasteiger partial charge in [0, 0.05) is 12.6 Å². The van der Waals surface area contributed by atoms with Crippen molar-refractivity contribution >= 4 is 33.2 Å². The minimum absolute atomic E-state index is 0.130. The van der Waals surface area contributed by atoms with E-state index in [4.69, 9.17) is 4.74 Å². The lowest BCUT2D eigenvalue weighted by Gasteiger charge is -2.33. The second kappa shape index (κ2) is 9.30. The molecule has 25 heavy (non-hydrogen) atoms. The van der Waals surface area contributed by atoms with Crippen molar-refractivity contribution in [3.05, 3.63) is 17.5 Å². The lowest BCUT2D eigenvalue weighted by molar-refractivity contribution is -0.152. The number of nitrogens with zero attached hydrogens (tertiary/aromatic N) is 1. The average molecular weight is 389 g/mol. The summed E-state index contributed by atoms with van der Waals surface area (Å²) in [5.41, 5.74) is 0. The van der Waals surface area contributed by atoms with Gasteiger partial charge in [0.25, 0.3) is 15.9 Å². The molecule has 1 aromatic rings. The largest absolute Gasteiger partial charge is 0.455 e. The Bertz CT molecular complexity index is 667. The Morgan fingerprint density at radius 3 is 2.64 bits per heavy atom. The van der Waals surface area contributed by atoms with Crippen LogP contribution >= 0.6 is 11.3 Å². The van der Waals surface area contributed by atoms with Crippen LogP contribution in [0.3, 0.4) is 0 Å². The van der Waals surface area contributed by atoms with Crippen molar-refractivity contribution in [2.75, 3.05) is 19.7 Å². The van der Waals surface area contributed by atoms with E-state index in [1.807, 2.05) is 6.92 Å². The fourth-order valence-electron chi connectivity index (χ4n) is 2.95. The average Bonchev–Trinajstić information content (AvgIpc) is 3.15. The molecule has 1 saturated carbocycles. The fourth-order valence-corrected chi connectivity index (χ4v) is 4.95. The summed E-state index contributed by atoms with van der Waals surface area (Å²) in [5, 5.41) is 1.64. The van der Waals surface area contributed by atoms with Gasteiger partial charge < -0.3 is 9.64 Å². The van der Waals surface area contributed by atoms with E-state index in [1.54, 1.807) is 16.3 Å². The number of nitrogens with one attached hydrogen (secondary N) is 1. The first-order valence-electron chi connectivity index (χ1n) is 8.42. The normalized spacial score (nSPS) is 15.7. The van der Waals surface area contributed by atoms with E-state index in [1.165, 1.54) is 12.5 Å². The minimum atomic E-state index is -3.72. The van der Waals surface area contributed by atoms with E-state index in [-0.39, 0.29) is 22.8 Å². The second-order valence-corrected chi connectivity index (χ2v) is 8.83. The van der Waals surface area contributed by atoms with E-state index < -0.39 is 22.5 Å². The van der Waals surface area contributed by atoms with Crippen LogP contribution in [0.5, 0.6) is 0 Å². The first-order chi connectivity index (χ1) is 11.9. The summed E-state index contributed by atoms with van der Waals surface area (Å²) in [5.74, 6) is -1.00. The van der Waals surface area contributed by atoms with Crippen LogP contribution < -0.4 is 4.72 Å². The van der Waals surface area contributed by atoms with Gasteiger partial charge in [-0.15, -0.1) is 11.3 Å². The molecule has 1 heterocycles. The maximum absolute atomic E-state index is 12.3. The number of esters is 1. The standard InChI is InChI=1S/C16H24N2O5S2/c1-2-18(13-7-4-3-5-8-13)14(19)12-23-15(20)11-17-25(21,22)16-9-6-10-24-16/h6,9-10,13,17H,2-5,7-8,11-12H2,1H3. The first-order valence-corrected chi connectivity index (χ1v) is 10.8. The van der Waals surface area contributed by atoms with Gasteiger partial charge in [-0.2, -0.15) is 4.72 Å². The molecule has 0 spiro atoms. The number of ether oxygens (including phenoxy) is 1. The Kier molecular flexibility index (Phi) is 7.39. The van der Waals surface area contributed by atoms with Crippen molar-refractivity contribution < 1.29 is 22.7 Å². The number of sulfonamides is 1. The van der Waals surface area contributed by atoms with Crippen molar-refractivity contribution in [3.8, 4) is 0 Å². The lowest BCUT2D eigenvalue weighted by atomic mass is 9.94. The molecule has 0 aromatic carbocycles. The summed E-state index contributed by atoms with van der Waals surface area (Å²) in [7, 11) is -3.72. The summed E-state index contributed by atoms with van der Waals surface area (Å²) in [6.07, 6.45) is 5.38. The fraction of sp³-hybridized carbons (Fsp3) is 0.625. The van der Waals surface area contributed by atoms with E-state index in [0.717, 1.165) is 37.0 Å². The summed E-state index contributed by atoms with van der Waals surface area (Å²) < 4.78 is 31.1. The zero-order chi connectivity index (χ0) is 18.3. The van der Waals surface area contributed by atoms with Crippen LogP contribution in [0.25, 0.3) is 0 Å². The monoisotopic (exact) mass is 388 g/mol. The summed E-state index contributed by atoms with van der Waals surface area (Å²) in [4.78, 5) is 25.8. The molecule has 1 amide bonds. The first kappa shape index (κ1) is 19.9. The molecule has 1 aliphatic carbocycles. The quantitative estimate of drug-likeness (QED) is 0.685. The molecule has 0 unspecified atom stereocenters. The van der Waals surface area contributed by atoms with Gasteiger partial charge in [0.05, 0.1) is 0 Å². The minimum Gasteiger partial charge on any atom is -0.455 e. The Morgan fingerprint density at radius 1 is 1.32 bits per heavy atom. The van der Waals surface area contributed by atoms with E-state index in [9.17, 15) is 18.0 Å². The number of hydrogen-bond acceptors (Lipinski definition) is 6. The number of amides is 1. The predicted molar refractivity (Wildman–Crippen MR) is 94.7 cm³/mol. The van der Waals surface area contributed by atoms with Crippen LogP contribution in [-0.4, -0.2) is 50.9 Å². The van der Waals surface area contributed by atoms with Gasteiger partial charge in [-0.3, -0.25) is 9.59 Å². The molecule has 0 atom stereocenters. The van der Waals surface area contributed by atoms with Gasteiger partial charge in [0.15, 0.2) is 6.61 Å². The van der Waals surface area contributed by atoms with Crippen LogP contribution in [0.15, 0.2) is 21.7 Å². The third kappa shape index (κ3) is 5.79. The summed E-state index contributed by atoms with van der Waals surface area (Å²) in [6.45, 7) is 1.63. The molecule has 1 aliphatic rings. The molecular weight excluding hydrogens is 364 g/mol. The molecule has 2 rings (SSSR count). The van der Waals surface area contributed by atoms with Crippen molar-refractivity contribution in [3.63, 3.8) is 0 Å². The van der Waals surface area contributed by atoms with Gasteiger partial charge in [-0.25, -0.2) is 8.42 Å². The topological polar surface area (TPSA) is 92.8 Å². The third-order valence-corrected chi connectivity index (χ3v) is 7.00. The van der Waals surface area contributed by atoms with Gasteiger partial charge in [0.1, 0.15) is 10.8 Å². The highest BCUT2D eigenvalue weighted by Crippen LogP contribution is 2.22. The lowest BCUT2D eigenvalue weighted by Crippen LogP contribution is -2.43. The maximum Gasteiger partial charge on any atom is 0.321 e. The smallest absolute Gasteiger partial charge is 0.321 e.